The van der Waals surface area contributed by atoms with Gasteiger partial charge in [-0.2, -0.15) is 0 Å². The van der Waals surface area contributed by atoms with E-state index in [1.54, 1.807) is 31.4 Å². The van der Waals surface area contributed by atoms with Crippen LogP contribution in [-0.2, 0) is 0 Å². The van der Waals surface area contributed by atoms with Crippen molar-refractivity contribution in [3.05, 3.63) is 105 Å². The molecule has 1 N–H and O–H groups in total. The SMILES string of the molecule is COc1ccc(C(N[C@H](C)c2ccc(F)cc2)c2cccc([N+](=O)[O-])c2)cc1. The Labute approximate surface area is 162 Å². The van der Waals surface area contributed by atoms with E-state index in [-0.39, 0.29) is 23.6 Å². The van der Waals surface area contributed by atoms with Crippen LogP contribution in [0.5, 0.6) is 5.75 Å². The van der Waals surface area contributed by atoms with Crippen molar-refractivity contribution in [3.8, 4) is 5.75 Å². The van der Waals surface area contributed by atoms with E-state index in [0.29, 0.717) is 0 Å². The third kappa shape index (κ3) is 4.53. The molecule has 2 atom stereocenters. The van der Waals surface area contributed by atoms with Crippen molar-refractivity contribution in [2.24, 2.45) is 0 Å². The number of nitro groups is 1. The van der Waals surface area contributed by atoms with Crippen molar-refractivity contribution in [3.63, 3.8) is 0 Å². The molecule has 0 aliphatic heterocycles. The van der Waals surface area contributed by atoms with Gasteiger partial charge in [0.25, 0.3) is 5.69 Å². The molecule has 0 amide bonds. The Morgan fingerprint density at radius 2 is 1.61 bits per heavy atom. The molecule has 6 heteroatoms. The van der Waals surface area contributed by atoms with Crippen LogP contribution >= 0.6 is 0 Å². The van der Waals surface area contributed by atoms with Crippen LogP contribution in [0.15, 0.2) is 72.8 Å². The summed E-state index contributed by atoms with van der Waals surface area (Å²) in [5.74, 6) is 0.439. The van der Waals surface area contributed by atoms with Crippen LogP contribution in [0.25, 0.3) is 0 Å². The molecule has 0 spiro atoms. The number of halogens is 1. The number of hydrogen-bond acceptors (Lipinski definition) is 4. The fourth-order valence-electron chi connectivity index (χ4n) is 3.10. The van der Waals surface area contributed by atoms with Gasteiger partial charge in [-0.05, 0) is 47.9 Å². The molecule has 0 heterocycles. The zero-order chi connectivity index (χ0) is 20.1. The van der Waals surface area contributed by atoms with Crippen LogP contribution in [0.4, 0.5) is 10.1 Å². The van der Waals surface area contributed by atoms with Gasteiger partial charge in [0.1, 0.15) is 11.6 Å². The van der Waals surface area contributed by atoms with E-state index < -0.39 is 4.92 Å². The standard InChI is InChI=1S/C22H21FN2O3/c1-15(16-6-10-19(23)11-7-16)24-22(17-8-12-21(28-2)13-9-17)18-4-3-5-20(14-18)25(26)27/h3-15,22,24H,1-2H3/t15-,22?/m1/s1. The van der Waals surface area contributed by atoms with Gasteiger partial charge in [-0.25, -0.2) is 4.39 Å². The summed E-state index contributed by atoms with van der Waals surface area (Å²) in [4.78, 5) is 10.8. The number of nitrogens with zero attached hydrogens (tertiary/aromatic N) is 1. The summed E-state index contributed by atoms with van der Waals surface area (Å²) in [6, 6.07) is 20.0. The van der Waals surface area contributed by atoms with E-state index in [0.717, 1.165) is 22.4 Å². The van der Waals surface area contributed by atoms with Crippen molar-refractivity contribution in [2.75, 3.05) is 7.11 Å². The quantitative estimate of drug-likeness (QED) is 0.453. The molecule has 0 radical (unpaired) electrons. The number of hydrogen-bond donors (Lipinski definition) is 1. The van der Waals surface area contributed by atoms with E-state index in [2.05, 4.69) is 5.32 Å². The molecular formula is C22H21FN2O3. The van der Waals surface area contributed by atoms with Gasteiger partial charge in [-0.15, -0.1) is 0 Å². The molecule has 0 saturated heterocycles. The lowest BCUT2D eigenvalue weighted by Crippen LogP contribution is -2.25. The normalized spacial score (nSPS) is 13.0. The minimum absolute atomic E-state index is 0.0345. The number of nitro benzene ring substituents is 1. The van der Waals surface area contributed by atoms with Gasteiger partial charge in [0.15, 0.2) is 0 Å². The van der Waals surface area contributed by atoms with Crippen LogP contribution in [0, 0.1) is 15.9 Å². The number of methoxy groups -OCH3 is 1. The second-order valence-corrected chi connectivity index (χ2v) is 6.50. The third-order valence-electron chi connectivity index (χ3n) is 4.65. The summed E-state index contributed by atoms with van der Waals surface area (Å²) in [6.45, 7) is 1.97. The van der Waals surface area contributed by atoms with Crippen LogP contribution in [0.2, 0.25) is 0 Å². The highest BCUT2D eigenvalue weighted by Crippen LogP contribution is 2.29. The highest BCUT2D eigenvalue weighted by molar-refractivity contribution is 5.41. The first-order valence-electron chi connectivity index (χ1n) is 8.87. The first-order valence-corrected chi connectivity index (χ1v) is 8.87. The lowest BCUT2D eigenvalue weighted by Gasteiger charge is -2.25. The highest BCUT2D eigenvalue weighted by Gasteiger charge is 2.20. The molecule has 3 aromatic carbocycles. The van der Waals surface area contributed by atoms with E-state index in [4.69, 9.17) is 4.74 Å². The Bertz CT molecular complexity index is 943. The van der Waals surface area contributed by atoms with Crippen LogP contribution in [0.3, 0.4) is 0 Å². The number of ether oxygens (including phenoxy) is 1. The van der Waals surface area contributed by atoms with Gasteiger partial charge in [0.05, 0.1) is 18.1 Å². The number of rotatable bonds is 7. The maximum atomic E-state index is 13.2. The van der Waals surface area contributed by atoms with Crippen molar-refractivity contribution < 1.29 is 14.1 Å². The van der Waals surface area contributed by atoms with E-state index in [9.17, 15) is 14.5 Å². The molecule has 3 aromatic rings. The lowest BCUT2D eigenvalue weighted by molar-refractivity contribution is -0.384. The first-order chi connectivity index (χ1) is 13.5. The summed E-state index contributed by atoms with van der Waals surface area (Å²) >= 11 is 0. The van der Waals surface area contributed by atoms with Crippen molar-refractivity contribution >= 4 is 5.69 Å². The molecule has 0 aliphatic carbocycles. The Balaban J connectivity index is 1.97. The van der Waals surface area contributed by atoms with Gasteiger partial charge in [-0.3, -0.25) is 15.4 Å². The molecule has 0 aromatic heterocycles. The van der Waals surface area contributed by atoms with Gasteiger partial charge >= 0.3 is 0 Å². The summed E-state index contributed by atoms with van der Waals surface area (Å²) in [5.41, 5.74) is 2.67. The molecule has 144 valence electrons. The Morgan fingerprint density at radius 1 is 0.964 bits per heavy atom. The van der Waals surface area contributed by atoms with Gasteiger partial charge in [-0.1, -0.05) is 36.4 Å². The summed E-state index contributed by atoms with van der Waals surface area (Å²) in [7, 11) is 1.60. The molecule has 28 heavy (non-hydrogen) atoms. The predicted molar refractivity (Wildman–Crippen MR) is 106 cm³/mol. The van der Waals surface area contributed by atoms with E-state index in [1.807, 2.05) is 37.3 Å². The molecule has 3 rings (SSSR count). The average molecular weight is 380 g/mol. The average Bonchev–Trinajstić information content (AvgIpc) is 2.72. The van der Waals surface area contributed by atoms with Gasteiger partial charge < -0.3 is 4.74 Å². The minimum atomic E-state index is -0.405. The monoisotopic (exact) mass is 380 g/mol. The summed E-state index contributed by atoms with van der Waals surface area (Å²) in [6.07, 6.45) is 0. The molecule has 1 unspecified atom stereocenters. The number of nitrogens with one attached hydrogen (secondary N) is 1. The van der Waals surface area contributed by atoms with Crippen molar-refractivity contribution in [1.29, 1.82) is 0 Å². The molecule has 5 nitrogen and oxygen atoms in total. The Kier molecular flexibility index (Phi) is 6.01. The smallest absolute Gasteiger partial charge is 0.269 e. The third-order valence-corrected chi connectivity index (χ3v) is 4.65. The lowest BCUT2D eigenvalue weighted by atomic mass is 9.96. The van der Waals surface area contributed by atoms with E-state index in [1.165, 1.54) is 18.2 Å². The highest BCUT2D eigenvalue weighted by atomic mass is 19.1. The molecule has 0 bridgehead atoms. The Hall–Kier alpha value is -3.25. The number of non-ortho nitro benzene ring substituents is 1. The van der Waals surface area contributed by atoms with Gasteiger partial charge in [0, 0.05) is 18.2 Å². The van der Waals surface area contributed by atoms with Crippen molar-refractivity contribution in [2.45, 2.75) is 19.0 Å². The maximum absolute atomic E-state index is 13.2. The second kappa shape index (κ2) is 8.63. The minimum Gasteiger partial charge on any atom is -0.497 e. The zero-order valence-corrected chi connectivity index (χ0v) is 15.6. The second-order valence-electron chi connectivity index (χ2n) is 6.50. The summed E-state index contributed by atoms with van der Waals surface area (Å²) < 4.78 is 18.5. The number of benzene rings is 3. The predicted octanol–water partition coefficient (Wildman–Crippen LogP) is 5.18. The van der Waals surface area contributed by atoms with Crippen LogP contribution in [0.1, 0.15) is 35.7 Å². The zero-order valence-electron chi connectivity index (χ0n) is 15.6. The molecular weight excluding hydrogens is 359 g/mol. The topological polar surface area (TPSA) is 64.4 Å². The van der Waals surface area contributed by atoms with Gasteiger partial charge in [0.2, 0.25) is 0 Å². The largest absolute Gasteiger partial charge is 0.497 e. The Morgan fingerprint density at radius 3 is 2.21 bits per heavy atom. The first kappa shape index (κ1) is 19.5. The fraction of sp³-hybridized carbons (Fsp3) is 0.182. The maximum Gasteiger partial charge on any atom is 0.269 e. The van der Waals surface area contributed by atoms with Crippen LogP contribution in [-0.4, -0.2) is 12.0 Å². The molecule has 0 saturated carbocycles. The molecule has 0 aliphatic rings. The van der Waals surface area contributed by atoms with Crippen molar-refractivity contribution in [1.82, 2.24) is 5.32 Å². The van der Waals surface area contributed by atoms with E-state index >= 15 is 0 Å². The van der Waals surface area contributed by atoms with Crippen LogP contribution < -0.4 is 10.1 Å². The molecule has 0 fully saturated rings. The summed E-state index contributed by atoms with van der Waals surface area (Å²) in [5, 5.41) is 14.7. The fourth-order valence-corrected chi connectivity index (χ4v) is 3.10.